The number of hydrogen-bond donors (Lipinski definition) is 0. The fourth-order valence-corrected chi connectivity index (χ4v) is 2.78. The molecule has 0 bridgehead atoms. The minimum absolute atomic E-state index is 0.698. The first-order valence-electron chi connectivity index (χ1n) is 4.80. The van der Waals surface area contributed by atoms with Crippen molar-refractivity contribution in [1.82, 2.24) is 9.97 Å². The lowest BCUT2D eigenvalue weighted by atomic mass is 10.3. The number of pyridine rings is 1. The van der Waals surface area contributed by atoms with Crippen LogP contribution in [-0.2, 0) is 0 Å². The van der Waals surface area contributed by atoms with Gasteiger partial charge in [-0.1, -0.05) is 17.7 Å². The summed E-state index contributed by atoms with van der Waals surface area (Å²) in [6.45, 7) is 0. The average Bonchev–Trinajstić information content (AvgIpc) is 2.76. The SMILES string of the molecule is Clc1cccc2sc(-c3cccnc3)nc12. The summed E-state index contributed by atoms with van der Waals surface area (Å²) in [5, 5.41) is 1.65. The molecular formula is C12H7ClN2S. The Balaban J connectivity index is 2.23. The van der Waals surface area contributed by atoms with Crippen LogP contribution in [0.1, 0.15) is 0 Å². The second kappa shape index (κ2) is 3.85. The lowest BCUT2D eigenvalue weighted by Gasteiger charge is -1.91. The van der Waals surface area contributed by atoms with E-state index in [1.54, 1.807) is 17.5 Å². The number of fused-ring (bicyclic) bond motifs is 1. The third-order valence-corrected chi connectivity index (χ3v) is 3.65. The van der Waals surface area contributed by atoms with Gasteiger partial charge in [0.1, 0.15) is 10.5 Å². The number of hydrogen-bond acceptors (Lipinski definition) is 3. The summed E-state index contributed by atoms with van der Waals surface area (Å²) in [6.07, 6.45) is 3.56. The van der Waals surface area contributed by atoms with Crippen molar-refractivity contribution in [2.24, 2.45) is 0 Å². The summed E-state index contributed by atoms with van der Waals surface area (Å²) < 4.78 is 1.10. The number of halogens is 1. The highest BCUT2D eigenvalue weighted by Crippen LogP contribution is 2.32. The molecule has 16 heavy (non-hydrogen) atoms. The van der Waals surface area contributed by atoms with Crippen LogP contribution in [0.15, 0.2) is 42.7 Å². The maximum atomic E-state index is 6.09. The smallest absolute Gasteiger partial charge is 0.126 e. The first-order valence-corrected chi connectivity index (χ1v) is 5.99. The molecule has 3 aromatic rings. The summed E-state index contributed by atoms with van der Waals surface area (Å²) in [5.41, 5.74) is 1.90. The van der Waals surface area contributed by atoms with E-state index in [2.05, 4.69) is 9.97 Å². The van der Waals surface area contributed by atoms with Crippen LogP contribution < -0.4 is 0 Å². The van der Waals surface area contributed by atoms with E-state index in [9.17, 15) is 0 Å². The van der Waals surface area contributed by atoms with Crippen molar-refractivity contribution in [2.75, 3.05) is 0 Å². The third-order valence-electron chi connectivity index (χ3n) is 2.28. The predicted molar refractivity (Wildman–Crippen MR) is 67.9 cm³/mol. The van der Waals surface area contributed by atoms with Crippen molar-refractivity contribution in [2.45, 2.75) is 0 Å². The molecule has 0 aliphatic carbocycles. The van der Waals surface area contributed by atoms with Crippen LogP contribution in [0, 0.1) is 0 Å². The number of para-hydroxylation sites is 1. The van der Waals surface area contributed by atoms with Crippen LogP contribution in [0.2, 0.25) is 5.02 Å². The molecule has 0 unspecified atom stereocenters. The highest BCUT2D eigenvalue weighted by Gasteiger charge is 2.08. The molecule has 0 aliphatic rings. The molecular weight excluding hydrogens is 240 g/mol. The molecule has 4 heteroatoms. The van der Waals surface area contributed by atoms with E-state index >= 15 is 0 Å². The zero-order chi connectivity index (χ0) is 11.0. The van der Waals surface area contributed by atoms with Crippen LogP contribution in [0.3, 0.4) is 0 Å². The van der Waals surface area contributed by atoms with Gasteiger partial charge in [0.2, 0.25) is 0 Å². The zero-order valence-electron chi connectivity index (χ0n) is 8.22. The first kappa shape index (κ1) is 9.75. The van der Waals surface area contributed by atoms with Gasteiger partial charge in [0.25, 0.3) is 0 Å². The number of benzene rings is 1. The van der Waals surface area contributed by atoms with Crippen molar-refractivity contribution in [3.05, 3.63) is 47.7 Å². The summed E-state index contributed by atoms with van der Waals surface area (Å²) in [4.78, 5) is 8.62. The number of thiazole rings is 1. The molecule has 2 nitrogen and oxygen atoms in total. The van der Waals surface area contributed by atoms with E-state index in [1.165, 1.54) is 0 Å². The van der Waals surface area contributed by atoms with Crippen LogP contribution >= 0.6 is 22.9 Å². The van der Waals surface area contributed by atoms with Crippen molar-refractivity contribution in [3.63, 3.8) is 0 Å². The largest absolute Gasteiger partial charge is 0.264 e. The van der Waals surface area contributed by atoms with E-state index in [0.29, 0.717) is 5.02 Å². The predicted octanol–water partition coefficient (Wildman–Crippen LogP) is 4.01. The van der Waals surface area contributed by atoms with E-state index < -0.39 is 0 Å². The topological polar surface area (TPSA) is 25.8 Å². The van der Waals surface area contributed by atoms with Crippen LogP contribution in [0.5, 0.6) is 0 Å². The molecule has 2 heterocycles. The van der Waals surface area contributed by atoms with Gasteiger partial charge in [-0.15, -0.1) is 11.3 Å². The lowest BCUT2D eigenvalue weighted by molar-refractivity contribution is 1.32. The molecule has 2 aromatic heterocycles. The molecule has 0 amide bonds. The van der Waals surface area contributed by atoms with Gasteiger partial charge in [0, 0.05) is 18.0 Å². The normalized spacial score (nSPS) is 10.8. The monoisotopic (exact) mass is 246 g/mol. The Bertz CT molecular complexity index is 634. The van der Waals surface area contributed by atoms with Gasteiger partial charge in [0.05, 0.1) is 9.72 Å². The summed E-state index contributed by atoms with van der Waals surface area (Å²) in [5.74, 6) is 0. The number of nitrogens with zero attached hydrogens (tertiary/aromatic N) is 2. The van der Waals surface area contributed by atoms with E-state index in [4.69, 9.17) is 11.6 Å². The molecule has 0 spiro atoms. The Morgan fingerprint density at radius 1 is 1.12 bits per heavy atom. The number of rotatable bonds is 1. The minimum Gasteiger partial charge on any atom is -0.264 e. The average molecular weight is 247 g/mol. The van der Waals surface area contributed by atoms with Gasteiger partial charge < -0.3 is 0 Å². The fraction of sp³-hybridized carbons (Fsp3) is 0. The first-order chi connectivity index (χ1) is 7.84. The van der Waals surface area contributed by atoms with Gasteiger partial charge in [-0.05, 0) is 24.3 Å². The third kappa shape index (κ3) is 1.58. The molecule has 0 aliphatic heterocycles. The summed E-state index contributed by atoms with van der Waals surface area (Å²) in [6, 6.07) is 9.73. The Morgan fingerprint density at radius 2 is 2.06 bits per heavy atom. The molecule has 0 saturated heterocycles. The van der Waals surface area contributed by atoms with E-state index in [-0.39, 0.29) is 0 Å². The standard InChI is InChI=1S/C12H7ClN2S/c13-9-4-1-5-10-11(9)15-12(16-10)8-3-2-6-14-7-8/h1-7H. The maximum Gasteiger partial charge on any atom is 0.126 e. The molecule has 0 fully saturated rings. The van der Waals surface area contributed by atoms with Crippen molar-refractivity contribution >= 4 is 33.2 Å². The van der Waals surface area contributed by atoms with Gasteiger partial charge in [-0.2, -0.15) is 0 Å². The van der Waals surface area contributed by atoms with Crippen LogP contribution in [0.25, 0.3) is 20.8 Å². The van der Waals surface area contributed by atoms with Crippen molar-refractivity contribution < 1.29 is 0 Å². The fourth-order valence-electron chi connectivity index (χ4n) is 1.53. The molecule has 0 saturated carbocycles. The number of aromatic nitrogens is 2. The quantitative estimate of drug-likeness (QED) is 0.648. The minimum atomic E-state index is 0.698. The van der Waals surface area contributed by atoms with Gasteiger partial charge >= 0.3 is 0 Å². The van der Waals surface area contributed by atoms with E-state index in [0.717, 1.165) is 20.8 Å². The Labute approximate surface area is 102 Å². The van der Waals surface area contributed by atoms with E-state index in [1.807, 2.05) is 36.5 Å². The molecule has 0 radical (unpaired) electrons. The molecule has 0 atom stereocenters. The van der Waals surface area contributed by atoms with Crippen molar-refractivity contribution in [1.29, 1.82) is 0 Å². The zero-order valence-corrected chi connectivity index (χ0v) is 9.79. The Hall–Kier alpha value is -1.45. The molecule has 0 N–H and O–H groups in total. The van der Waals surface area contributed by atoms with Crippen LogP contribution in [0.4, 0.5) is 0 Å². The highest BCUT2D eigenvalue weighted by atomic mass is 35.5. The second-order valence-electron chi connectivity index (χ2n) is 3.35. The van der Waals surface area contributed by atoms with Gasteiger partial charge in [-0.3, -0.25) is 4.98 Å². The highest BCUT2D eigenvalue weighted by molar-refractivity contribution is 7.21. The second-order valence-corrected chi connectivity index (χ2v) is 4.79. The molecule has 3 rings (SSSR count). The Kier molecular flexibility index (Phi) is 2.35. The Morgan fingerprint density at radius 3 is 2.81 bits per heavy atom. The maximum absolute atomic E-state index is 6.09. The van der Waals surface area contributed by atoms with Gasteiger partial charge in [0.15, 0.2) is 0 Å². The lowest BCUT2D eigenvalue weighted by Crippen LogP contribution is -1.76. The molecule has 78 valence electrons. The van der Waals surface area contributed by atoms with Gasteiger partial charge in [-0.25, -0.2) is 4.98 Å². The summed E-state index contributed by atoms with van der Waals surface area (Å²) >= 11 is 7.72. The summed E-state index contributed by atoms with van der Waals surface area (Å²) in [7, 11) is 0. The van der Waals surface area contributed by atoms with Crippen molar-refractivity contribution in [3.8, 4) is 10.6 Å². The van der Waals surface area contributed by atoms with Crippen LogP contribution in [-0.4, -0.2) is 9.97 Å². The molecule has 1 aromatic carbocycles.